The van der Waals surface area contributed by atoms with Gasteiger partial charge in [-0.3, -0.25) is 4.79 Å². The minimum atomic E-state index is -0.0552. The van der Waals surface area contributed by atoms with Gasteiger partial charge in [-0.15, -0.1) is 0 Å². The molecule has 0 amide bonds. The average molecular weight is 228 g/mol. The first kappa shape index (κ1) is 11.6. The van der Waals surface area contributed by atoms with E-state index in [4.69, 9.17) is 4.74 Å². The van der Waals surface area contributed by atoms with E-state index in [1.165, 1.54) is 0 Å². The van der Waals surface area contributed by atoms with Gasteiger partial charge in [0.05, 0.1) is 6.10 Å². The summed E-state index contributed by atoms with van der Waals surface area (Å²) in [6, 6.07) is 9.77. The molecule has 1 aliphatic heterocycles. The largest absolute Gasteiger partial charge is 0.487 e. The normalized spacial score (nSPS) is 19.8. The molecule has 2 rings (SSSR count). The van der Waals surface area contributed by atoms with Crippen LogP contribution >= 0.6 is 0 Å². The third kappa shape index (κ3) is 3.31. The van der Waals surface area contributed by atoms with E-state index in [9.17, 15) is 4.79 Å². The van der Waals surface area contributed by atoms with Crippen molar-refractivity contribution in [1.29, 1.82) is 0 Å². The van der Waals surface area contributed by atoms with Gasteiger partial charge in [0, 0.05) is 0 Å². The number of ketones is 1. The Labute approximate surface area is 102 Å². The van der Waals surface area contributed by atoms with Crippen molar-refractivity contribution in [2.75, 3.05) is 0 Å². The molecule has 0 aliphatic carbocycles. The van der Waals surface area contributed by atoms with Crippen LogP contribution in [-0.4, -0.2) is 11.9 Å². The zero-order valence-corrected chi connectivity index (χ0v) is 9.93. The van der Waals surface area contributed by atoms with Crippen LogP contribution in [0.3, 0.4) is 0 Å². The summed E-state index contributed by atoms with van der Waals surface area (Å²) >= 11 is 0. The molecular weight excluding hydrogens is 212 g/mol. The van der Waals surface area contributed by atoms with E-state index in [1.807, 2.05) is 49.4 Å². The number of hydrogen-bond donors (Lipinski definition) is 0. The summed E-state index contributed by atoms with van der Waals surface area (Å²) in [5.41, 5.74) is 1.02. The maximum atomic E-state index is 11.8. The van der Waals surface area contributed by atoms with Crippen molar-refractivity contribution < 1.29 is 9.53 Å². The second kappa shape index (κ2) is 5.48. The summed E-state index contributed by atoms with van der Waals surface area (Å²) in [6.07, 6.45) is 7.30. The maximum absolute atomic E-state index is 11.8. The van der Waals surface area contributed by atoms with Crippen LogP contribution in [0.2, 0.25) is 0 Å². The molecule has 2 heteroatoms. The van der Waals surface area contributed by atoms with Gasteiger partial charge in [0.2, 0.25) is 5.78 Å². The van der Waals surface area contributed by atoms with E-state index in [-0.39, 0.29) is 11.9 Å². The maximum Gasteiger partial charge on any atom is 0.220 e. The zero-order chi connectivity index (χ0) is 12.1. The van der Waals surface area contributed by atoms with Crippen molar-refractivity contribution in [3.63, 3.8) is 0 Å². The van der Waals surface area contributed by atoms with E-state index in [1.54, 1.807) is 6.08 Å². The van der Waals surface area contributed by atoms with Crippen LogP contribution in [0.15, 0.2) is 48.2 Å². The number of allylic oxidation sites excluding steroid dienone is 2. The second-order valence-electron chi connectivity index (χ2n) is 4.18. The molecule has 0 bridgehead atoms. The highest BCUT2D eigenvalue weighted by molar-refractivity contribution is 6.04. The third-order valence-electron chi connectivity index (χ3n) is 2.70. The molecule has 0 N–H and O–H groups in total. The van der Waals surface area contributed by atoms with Crippen molar-refractivity contribution in [3.8, 4) is 0 Å². The number of ether oxygens (including phenoxy) is 1. The standard InChI is InChI=1S/C15H16O2/c1-12-6-5-9-15(17-12)14(16)11-10-13-7-3-2-4-8-13/h2-4,7-12H,5-6H2,1H3/b11-10+. The van der Waals surface area contributed by atoms with Crippen LogP contribution in [0.5, 0.6) is 0 Å². The molecule has 1 aromatic carbocycles. The molecule has 1 aromatic rings. The smallest absolute Gasteiger partial charge is 0.220 e. The molecular formula is C15H16O2. The van der Waals surface area contributed by atoms with Gasteiger partial charge in [0.1, 0.15) is 0 Å². The molecule has 1 atom stereocenters. The second-order valence-corrected chi connectivity index (χ2v) is 4.18. The van der Waals surface area contributed by atoms with E-state index >= 15 is 0 Å². The Kier molecular flexibility index (Phi) is 3.76. The van der Waals surface area contributed by atoms with Crippen molar-refractivity contribution in [1.82, 2.24) is 0 Å². The Hall–Kier alpha value is -1.83. The summed E-state index contributed by atoms with van der Waals surface area (Å²) in [5.74, 6) is 0.427. The van der Waals surface area contributed by atoms with Crippen LogP contribution in [0.4, 0.5) is 0 Å². The van der Waals surface area contributed by atoms with Gasteiger partial charge >= 0.3 is 0 Å². The quantitative estimate of drug-likeness (QED) is 0.741. The molecule has 17 heavy (non-hydrogen) atoms. The van der Waals surface area contributed by atoms with Gasteiger partial charge < -0.3 is 4.74 Å². The highest BCUT2D eigenvalue weighted by atomic mass is 16.5. The zero-order valence-electron chi connectivity index (χ0n) is 9.93. The van der Waals surface area contributed by atoms with E-state index in [2.05, 4.69) is 0 Å². The summed E-state index contributed by atoms with van der Waals surface area (Å²) in [7, 11) is 0. The third-order valence-corrected chi connectivity index (χ3v) is 2.70. The first-order valence-electron chi connectivity index (χ1n) is 5.90. The lowest BCUT2D eigenvalue weighted by Crippen LogP contribution is -2.16. The number of hydrogen-bond acceptors (Lipinski definition) is 2. The van der Waals surface area contributed by atoms with Gasteiger partial charge in [-0.25, -0.2) is 0 Å². The molecule has 0 saturated carbocycles. The first-order valence-corrected chi connectivity index (χ1v) is 5.90. The fourth-order valence-electron chi connectivity index (χ4n) is 1.75. The Balaban J connectivity index is 2.02. The molecule has 0 fully saturated rings. The lowest BCUT2D eigenvalue weighted by Gasteiger charge is -2.19. The van der Waals surface area contributed by atoms with Crippen LogP contribution in [0, 0.1) is 0 Å². The summed E-state index contributed by atoms with van der Waals surface area (Å²) < 4.78 is 5.50. The Morgan fingerprint density at radius 1 is 1.35 bits per heavy atom. The molecule has 0 radical (unpaired) electrons. The lowest BCUT2D eigenvalue weighted by atomic mass is 10.1. The molecule has 0 saturated heterocycles. The number of benzene rings is 1. The average Bonchev–Trinajstić information content (AvgIpc) is 2.37. The van der Waals surface area contributed by atoms with Crippen molar-refractivity contribution in [2.24, 2.45) is 0 Å². The number of carbonyl (C=O) groups excluding carboxylic acids is 1. The molecule has 0 aromatic heterocycles. The topological polar surface area (TPSA) is 26.3 Å². The molecule has 1 heterocycles. The number of rotatable bonds is 3. The van der Waals surface area contributed by atoms with Crippen LogP contribution in [0.1, 0.15) is 25.3 Å². The van der Waals surface area contributed by atoms with Gasteiger partial charge in [0.25, 0.3) is 0 Å². The minimum Gasteiger partial charge on any atom is -0.487 e. The molecule has 1 aliphatic rings. The lowest BCUT2D eigenvalue weighted by molar-refractivity contribution is -0.115. The predicted molar refractivity (Wildman–Crippen MR) is 68.3 cm³/mol. The van der Waals surface area contributed by atoms with E-state index in [0.717, 1.165) is 18.4 Å². The molecule has 2 nitrogen and oxygen atoms in total. The number of carbonyl (C=O) groups is 1. The Bertz CT molecular complexity index is 443. The minimum absolute atomic E-state index is 0.0552. The Morgan fingerprint density at radius 3 is 2.82 bits per heavy atom. The fourth-order valence-corrected chi connectivity index (χ4v) is 1.75. The van der Waals surface area contributed by atoms with Gasteiger partial charge in [-0.2, -0.15) is 0 Å². The predicted octanol–water partition coefficient (Wildman–Crippen LogP) is 3.35. The Morgan fingerprint density at radius 2 is 2.12 bits per heavy atom. The van der Waals surface area contributed by atoms with Gasteiger partial charge in [-0.1, -0.05) is 36.4 Å². The summed E-state index contributed by atoms with van der Waals surface area (Å²) in [6.45, 7) is 1.99. The van der Waals surface area contributed by atoms with Crippen molar-refractivity contribution in [3.05, 3.63) is 53.8 Å². The van der Waals surface area contributed by atoms with Gasteiger partial charge in [-0.05, 0) is 37.5 Å². The molecule has 88 valence electrons. The molecule has 0 spiro atoms. The van der Waals surface area contributed by atoms with Crippen molar-refractivity contribution in [2.45, 2.75) is 25.9 Å². The molecule has 1 unspecified atom stereocenters. The highest BCUT2D eigenvalue weighted by Crippen LogP contribution is 2.17. The van der Waals surface area contributed by atoms with E-state index < -0.39 is 0 Å². The highest BCUT2D eigenvalue weighted by Gasteiger charge is 2.15. The summed E-state index contributed by atoms with van der Waals surface area (Å²) in [4.78, 5) is 11.8. The van der Waals surface area contributed by atoms with Crippen LogP contribution in [-0.2, 0) is 9.53 Å². The van der Waals surface area contributed by atoms with Crippen LogP contribution < -0.4 is 0 Å². The first-order chi connectivity index (χ1) is 8.25. The summed E-state index contributed by atoms with van der Waals surface area (Å²) in [5, 5.41) is 0. The van der Waals surface area contributed by atoms with Crippen molar-refractivity contribution >= 4 is 11.9 Å². The monoisotopic (exact) mass is 228 g/mol. The fraction of sp³-hybridized carbons (Fsp3) is 0.267. The van der Waals surface area contributed by atoms with Gasteiger partial charge in [0.15, 0.2) is 5.76 Å². The van der Waals surface area contributed by atoms with E-state index in [0.29, 0.717) is 5.76 Å². The SMILES string of the molecule is CC1CCC=C(C(=O)/C=C/c2ccccc2)O1. The van der Waals surface area contributed by atoms with Crippen LogP contribution in [0.25, 0.3) is 6.08 Å².